The lowest BCUT2D eigenvalue weighted by atomic mass is 9.99. The first kappa shape index (κ1) is 17.2. The number of ketones is 1. The maximum absolute atomic E-state index is 12.3. The zero-order valence-electron chi connectivity index (χ0n) is 13.8. The second kappa shape index (κ2) is 6.94. The molecule has 1 amide bonds. The number of amides is 1. The Morgan fingerprint density at radius 3 is 2.52 bits per heavy atom. The summed E-state index contributed by atoms with van der Waals surface area (Å²) in [6, 6.07) is 5.40. The summed E-state index contributed by atoms with van der Waals surface area (Å²) in [7, 11) is 0. The van der Waals surface area contributed by atoms with Crippen LogP contribution in [0.25, 0.3) is 0 Å². The Balaban J connectivity index is 1.96. The quantitative estimate of drug-likeness (QED) is 0.847. The van der Waals surface area contributed by atoms with Crippen molar-refractivity contribution in [3.8, 4) is 0 Å². The number of Topliss-reactive ketones (excluding diaryl/α,β-unsaturated/α-hetero) is 1. The topological polar surface area (TPSA) is 74.7 Å². The summed E-state index contributed by atoms with van der Waals surface area (Å²) in [5.74, 6) is -1.55. The number of carbonyl (C=O) groups excluding carboxylic acids is 2. The molecule has 2 unspecified atom stereocenters. The largest absolute Gasteiger partial charge is 0.481 e. The molecule has 1 aromatic rings. The number of hydrogen-bond acceptors (Lipinski definition) is 3. The van der Waals surface area contributed by atoms with E-state index >= 15 is 0 Å². The molecular formula is C18H23NO4. The van der Waals surface area contributed by atoms with Crippen molar-refractivity contribution in [2.24, 2.45) is 5.92 Å². The van der Waals surface area contributed by atoms with Crippen molar-refractivity contribution < 1.29 is 19.5 Å². The third-order valence-corrected chi connectivity index (χ3v) is 4.65. The van der Waals surface area contributed by atoms with Gasteiger partial charge in [-0.2, -0.15) is 0 Å². The predicted octanol–water partition coefficient (Wildman–Crippen LogP) is 2.59. The maximum atomic E-state index is 12.3. The summed E-state index contributed by atoms with van der Waals surface area (Å²) in [6.07, 6.45) is 0.764. The van der Waals surface area contributed by atoms with E-state index in [-0.39, 0.29) is 30.6 Å². The van der Waals surface area contributed by atoms with Gasteiger partial charge in [-0.1, -0.05) is 17.7 Å². The molecule has 2 rings (SSSR count). The van der Waals surface area contributed by atoms with E-state index in [1.807, 2.05) is 32.0 Å². The van der Waals surface area contributed by atoms with Crippen LogP contribution in [-0.2, 0) is 9.59 Å². The van der Waals surface area contributed by atoms with Crippen LogP contribution in [0, 0.1) is 19.8 Å². The molecule has 1 fully saturated rings. The van der Waals surface area contributed by atoms with E-state index in [0.717, 1.165) is 11.1 Å². The highest BCUT2D eigenvalue weighted by Crippen LogP contribution is 2.25. The predicted molar refractivity (Wildman–Crippen MR) is 86.4 cm³/mol. The van der Waals surface area contributed by atoms with E-state index in [1.165, 1.54) is 0 Å². The van der Waals surface area contributed by atoms with Crippen LogP contribution in [0.4, 0.5) is 0 Å². The number of aliphatic carboxylic acids is 1. The van der Waals surface area contributed by atoms with Gasteiger partial charge in [-0.25, -0.2) is 0 Å². The Morgan fingerprint density at radius 2 is 1.91 bits per heavy atom. The van der Waals surface area contributed by atoms with E-state index in [0.29, 0.717) is 18.5 Å². The minimum absolute atomic E-state index is 0.0406. The van der Waals surface area contributed by atoms with Crippen LogP contribution in [0.3, 0.4) is 0 Å². The standard InChI is InChI=1S/C18H23NO4/c1-11-4-5-12(2)15(10-11)16(20)6-7-17(21)19-9-8-14(13(19)3)18(22)23/h4-5,10,13-14H,6-9H2,1-3H3,(H,22,23). The zero-order chi connectivity index (χ0) is 17.1. The first-order valence-electron chi connectivity index (χ1n) is 7.94. The molecule has 0 radical (unpaired) electrons. The van der Waals surface area contributed by atoms with Crippen molar-refractivity contribution in [3.63, 3.8) is 0 Å². The molecule has 1 saturated heterocycles. The van der Waals surface area contributed by atoms with Gasteiger partial charge in [-0.15, -0.1) is 0 Å². The van der Waals surface area contributed by atoms with Crippen LogP contribution in [0.1, 0.15) is 47.7 Å². The summed E-state index contributed by atoms with van der Waals surface area (Å²) in [5.41, 5.74) is 2.59. The summed E-state index contributed by atoms with van der Waals surface area (Å²) in [6.45, 7) is 6.03. The molecule has 1 aromatic carbocycles. The Morgan fingerprint density at radius 1 is 1.22 bits per heavy atom. The minimum Gasteiger partial charge on any atom is -0.481 e. The molecule has 0 saturated carbocycles. The second-order valence-corrected chi connectivity index (χ2v) is 6.30. The number of likely N-dealkylation sites (tertiary alicyclic amines) is 1. The number of nitrogens with zero attached hydrogens (tertiary/aromatic N) is 1. The highest BCUT2D eigenvalue weighted by atomic mass is 16.4. The van der Waals surface area contributed by atoms with Gasteiger partial charge in [-0.3, -0.25) is 14.4 Å². The molecule has 0 spiro atoms. The van der Waals surface area contributed by atoms with Crippen molar-refractivity contribution in [2.75, 3.05) is 6.54 Å². The summed E-state index contributed by atoms with van der Waals surface area (Å²) in [4.78, 5) is 37.3. The molecule has 0 aliphatic carbocycles. The van der Waals surface area contributed by atoms with Gasteiger partial charge in [0.2, 0.25) is 5.91 Å². The molecule has 1 aliphatic rings. The van der Waals surface area contributed by atoms with Gasteiger partial charge in [0.25, 0.3) is 0 Å². The molecule has 1 heterocycles. The number of benzene rings is 1. The molecule has 23 heavy (non-hydrogen) atoms. The van der Waals surface area contributed by atoms with E-state index in [9.17, 15) is 14.4 Å². The van der Waals surface area contributed by atoms with Gasteiger partial charge >= 0.3 is 5.97 Å². The van der Waals surface area contributed by atoms with Crippen LogP contribution in [-0.4, -0.2) is 40.3 Å². The molecule has 1 aliphatic heterocycles. The Hall–Kier alpha value is -2.17. The number of rotatable bonds is 5. The van der Waals surface area contributed by atoms with E-state index in [4.69, 9.17) is 5.11 Å². The molecule has 5 nitrogen and oxygen atoms in total. The van der Waals surface area contributed by atoms with E-state index < -0.39 is 11.9 Å². The second-order valence-electron chi connectivity index (χ2n) is 6.30. The lowest BCUT2D eigenvalue weighted by Crippen LogP contribution is -2.37. The van der Waals surface area contributed by atoms with Gasteiger partial charge in [0.1, 0.15) is 0 Å². The smallest absolute Gasteiger partial charge is 0.308 e. The van der Waals surface area contributed by atoms with Crippen molar-refractivity contribution in [1.82, 2.24) is 4.90 Å². The van der Waals surface area contributed by atoms with E-state index in [1.54, 1.807) is 11.8 Å². The normalized spacial score (nSPS) is 20.6. The third-order valence-electron chi connectivity index (χ3n) is 4.65. The van der Waals surface area contributed by atoms with Gasteiger partial charge in [0, 0.05) is 31.0 Å². The summed E-state index contributed by atoms with van der Waals surface area (Å²) >= 11 is 0. The van der Waals surface area contributed by atoms with Crippen LogP contribution in [0.5, 0.6) is 0 Å². The van der Waals surface area contributed by atoms with E-state index in [2.05, 4.69) is 0 Å². The Kier molecular flexibility index (Phi) is 5.19. The summed E-state index contributed by atoms with van der Waals surface area (Å²) < 4.78 is 0. The summed E-state index contributed by atoms with van der Waals surface area (Å²) in [5, 5.41) is 9.11. The number of carboxylic acid groups (broad SMARTS) is 1. The van der Waals surface area contributed by atoms with Crippen molar-refractivity contribution in [3.05, 3.63) is 34.9 Å². The molecule has 1 N–H and O–H groups in total. The van der Waals surface area contributed by atoms with Crippen molar-refractivity contribution >= 4 is 17.7 Å². The fraction of sp³-hybridized carbons (Fsp3) is 0.500. The Labute approximate surface area is 136 Å². The third kappa shape index (κ3) is 3.78. The monoisotopic (exact) mass is 317 g/mol. The highest BCUT2D eigenvalue weighted by Gasteiger charge is 2.37. The molecule has 2 atom stereocenters. The fourth-order valence-corrected chi connectivity index (χ4v) is 3.16. The number of aryl methyl sites for hydroxylation is 2. The van der Waals surface area contributed by atoms with Gasteiger partial charge in [0.05, 0.1) is 5.92 Å². The lowest BCUT2D eigenvalue weighted by molar-refractivity contribution is -0.143. The maximum Gasteiger partial charge on any atom is 0.308 e. The fourth-order valence-electron chi connectivity index (χ4n) is 3.16. The van der Waals surface area contributed by atoms with Gasteiger partial charge < -0.3 is 10.0 Å². The average molecular weight is 317 g/mol. The molecule has 124 valence electrons. The number of hydrogen-bond donors (Lipinski definition) is 1. The van der Waals surface area contributed by atoms with Crippen molar-refractivity contribution in [1.29, 1.82) is 0 Å². The first-order chi connectivity index (χ1) is 10.8. The van der Waals surface area contributed by atoms with Gasteiger partial charge in [-0.05, 0) is 38.8 Å². The highest BCUT2D eigenvalue weighted by molar-refractivity contribution is 5.99. The van der Waals surface area contributed by atoms with Crippen LogP contribution in [0.2, 0.25) is 0 Å². The van der Waals surface area contributed by atoms with Crippen molar-refractivity contribution in [2.45, 2.75) is 46.1 Å². The minimum atomic E-state index is -0.862. The molecular weight excluding hydrogens is 294 g/mol. The van der Waals surface area contributed by atoms with Crippen LogP contribution < -0.4 is 0 Å². The van der Waals surface area contributed by atoms with Gasteiger partial charge in [0.15, 0.2) is 5.78 Å². The van der Waals surface area contributed by atoms with Crippen LogP contribution >= 0.6 is 0 Å². The average Bonchev–Trinajstić information content (AvgIpc) is 2.88. The first-order valence-corrected chi connectivity index (χ1v) is 7.94. The molecule has 0 bridgehead atoms. The number of carboxylic acids is 1. The SMILES string of the molecule is Cc1ccc(C)c(C(=O)CCC(=O)N2CCC(C(=O)O)C2C)c1. The number of carbonyl (C=O) groups is 3. The Bertz CT molecular complexity index is 638. The van der Waals surface area contributed by atoms with Crippen LogP contribution in [0.15, 0.2) is 18.2 Å². The molecule has 5 heteroatoms. The zero-order valence-corrected chi connectivity index (χ0v) is 13.8. The lowest BCUT2D eigenvalue weighted by Gasteiger charge is -2.23. The molecule has 0 aromatic heterocycles.